The van der Waals surface area contributed by atoms with Gasteiger partial charge in [0, 0.05) is 25.1 Å². The highest BCUT2D eigenvalue weighted by molar-refractivity contribution is 5.83. The summed E-state index contributed by atoms with van der Waals surface area (Å²) >= 11 is 0. The Labute approximate surface area is 114 Å². The smallest absolute Gasteiger partial charge is 0.347 e. The lowest BCUT2D eigenvalue weighted by Crippen LogP contribution is -2.37. The van der Waals surface area contributed by atoms with Crippen molar-refractivity contribution >= 4 is 11.9 Å². The lowest BCUT2D eigenvalue weighted by molar-refractivity contribution is -0.137. The van der Waals surface area contributed by atoms with Crippen LogP contribution in [0.4, 0.5) is 0 Å². The van der Waals surface area contributed by atoms with Crippen LogP contribution in [-0.4, -0.2) is 26.6 Å². The summed E-state index contributed by atoms with van der Waals surface area (Å²) in [6, 6.07) is 1.13. The molecule has 0 unspecified atom stereocenters. The van der Waals surface area contributed by atoms with Gasteiger partial charge in [0.2, 0.25) is 5.91 Å². The van der Waals surface area contributed by atoms with Crippen LogP contribution < -0.4 is 16.7 Å². The monoisotopic (exact) mass is 283 g/mol. The van der Waals surface area contributed by atoms with Crippen molar-refractivity contribution in [3.8, 4) is 0 Å². The fourth-order valence-corrected chi connectivity index (χ4v) is 1.61. The number of rotatable bonds is 8. The van der Waals surface area contributed by atoms with Crippen molar-refractivity contribution in [2.45, 2.75) is 38.5 Å². The molecule has 1 heterocycles. The van der Waals surface area contributed by atoms with Gasteiger partial charge in [0.25, 0.3) is 5.56 Å². The van der Waals surface area contributed by atoms with E-state index in [1.165, 1.54) is 6.20 Å². The van der Waals surface area contributed by atoms with E-state index in [0.29, 0.717) is 12.8 Å². The average Bonchev–Trinajstić information content (AvgIpc) is 2.36. The van der Waals surface area contributed by atoms with Crippen molar-refractivity contribution in [3.63, 3.8) is 0 Å². The molecule has 1 amide bonds. The van der Waals surface area contributed by atoms with Gasteiger partial charge in [0.15, 0.2) is 0 Å². The van der Waals surface area contributed by atoms with Crippen molar-refractivity contribution in [1.82, 2.24) is 9.66 Å². The van der Waals surface area contributed by atoms with Crippen LogP contribution >= 0.6 is 0 Å². The number of nitrogens with zero attached hydrogens (tertiary/aromatic N) is 1. The molecule has 0 saturated heterocycles. The number of aliphatic carboxylic acids is 1. The molecule has 8 nitrogen and oxygen atoms in total. The maximum Gasteiger partial charge on any atom is 0.347 e. The maximum absolute atomic E-state index is 11.5. The van der Waals surface area contributed by atoms with Crippen LogP contribution in [0.1, 0.15) is 38.5 Å². The van der Waals surface area contributed by atoms with Gasteiger partial charge in [-0.1, -0.05) is 12.8 Å². The van der Waals surface area contributed by atoms with Crippen LogP contribution in [0.5, 0.6) is 0 Å². The van der Waals surface area contributed by atoms with Crippen molar-refractivity contribution in [1.29, 1.82) is 0 Å². The molecular formula is C12H17N3O5. The molecule has 0 fully saturated rings. The molecular weight excluding hydrogens is 266 g/mol. The summed E-state index contributed by atoms with van der Waals surface area (Å²) < 4.78 is 0.911. The lowest BCUT2D eigenvalue weighted by Gasteiger charge is -2.06. The number of carbonyl (C=O) groups excluding carboxylic acids is 1. The SMILES string of the molecule is O=C(O)CCCCCCC(=O)Nn1ccc(=O)[nH]c1=O. The molecule has 1 aromatic heterocycles. The Morgan fingerprint density at radius 3 is 2.40 bits per heavy atom. The summed E-state index contributed by atoms with van der Waals surface area (Å²) in [7, 11) is 0. The minimum Gasteiger partial charge on any atom is -0.481 e. The lowest BCUT2D eigenvalue weighted by atomic mass is 10.1. The fraction of sp³-hybridized carbons (Fsp3) is 0.500. The number of nitrogens with one attached hydrogen (secondary N) is 2. The van der Waals surface area contributed by atoms with Gasteiger partial charge in [0.05, 0.1) is 0 Å². The molecule has 20 heavy (non-hydrogen) atoms. The molecule has 8 heteroatoms. The summed E-state index contributed by atoms with van der Waals surface area (Å²) in [6.45, 7) is 0. The Morgan fingerprint density at radius 2 is 1.80 bits per heavy atom. The third kappa shape index (κ3) is 5.98. The molecule has 0 spiro atoms. The first-order valence-electron chi connectivity index (χ1n) is 6.32. The number of aromatic nitrogens is 2. The van der Waals surface area contributed by atoms with Gasteiger partial charge in [-0.3, -0.25) is 24.8 Å². The molecule has 0 aliphatic heterocycles. The molecule has 0 aliphatic rings. The largest absolute Gasteiger partial charge is 0.481 e. The second kappa shape index (κ2) is 7.93. The van der Waals surface area contributed by atoms with Crippen molar-refractivity contribution < 1.29 is 14.7 Å². The van der Waals surface area contributed by atoms with Gasteiger partial charge < -0.3 is 5.11 Å². The van der Waals surface area contributed by atoms with Crippen LogP contribution in [0.15, 0.2) is 21.9 Å². The summed E-state index contributed by atoms with van der Waals surface area (Å²) in [5.74, 6) is -1.16. The zero-order chi connectivity index (χ0) is 15.0. The predicted molar refractivity (Wildman–Crippen MR) is 71.0 cm³/mol. The highest BCUT2D eigenvalue weighted by Gasteiger charge is 2.04. The van der Waals surface area contributed by atoms with E-state index in [2.05, 4.69) is 5.43 Å². The first kappa shape index (κ1) is 15.7. The van der Waals surface area contributed by atoms with E-state index in [1.807, 2.05) is 4.98 Å². The number of hydrogen-bond acceptors (Lipinski definition) is 4. The van der Waals surface area contributed by atoms with Crippen molar-refractivity contribution in [3.05, 3.63) is 33.1 Å². The van der Waals surface area contributed by atoms with E-state index < -0.39 is 17.2 Å². The van der Waals surface area contributed by atoms with Gasteiger partial charge in [-0.2, -0.15) is 0 Å². The molecule has 0 atom stereocenters. The Bertz CT molecular complexity index is 575. The standard InChI is InChI=1S/C12H17N3O5/c16-9-7-8-15(12(20)13-9)14-10(17)5-3-1-2-4-6-11(18)19/h7-8H,1-6H2,(H,14,17)(H,18,19)(H,13,16,20). The topological polar surface area (TPSA) is 121 Å². The normalized spacial score (nSPS) is 10.2. The second-order valence-corrected chi connectivity index (χ2v) is 4.32. The molecule has 0 saturated carbocycles. The zero-order valence-corrected chi connectivity index (χ0v) is 10.9. The molecule has 0 aromatic carbocycles. The van der Waals surface area contributed by atoms with Gasteiger partial charge in [-0.25, -0.2) is 9.47 Å². The second-order valence-electron chi connectivity index (χ2n) is 4.32. The van der Waals surface area contributed by atoms with E-state index in [0.717, 1.165) is 23.6 Å². The van der Waals surface area contributed by atoms with Gasteiger partial charge >= 0.3 is 11.7 Å². The quantitative estimate of drug-likeness (QED) is 0.581. The zero-order valence-electron chi connectivity index (χ0n) is 10.9. The minimum atomic E-state index is -0.819. The van der Waals surface area contributed by atoms with E-state index in [-0.39, 0.29) is 18.7 Å². The van der Waals surface area contributed by atoms with E-state index in [1.54, 1.807) is 0 Å². The Morgan fingerprint density at radius 1 is 1.15 bits per heavy atom. The van der Waals surface area contributed by atoms with Gasteiger partial charge in [0.1, 0.15) is 0 Å². The number of amides is 1. The maximum atomic E-state index is 11.5. The molecule has 3 N–H and O–H groups in total. The number of hydrogen-bond donors (Lipinski definition) is 3. The Kier molecular flexibility index (Phi) is 6.21. The summed E-state index contributed by atoms with van der Waals surface area (Å²) in [6.07, 6.45) is 4.27. The van der Waals surface area contributed by atoms with E-state index in [9.17, 15) is 19.2 Å². The third-order valence-electron chi connectivity index (χ3n) is 2.61. The molecule has 110 valence electrons. The van der Waals surface area contributed by atoms with Crippen molar-refractivity contribution in [2.75, 3.05) is 5.43 Å². The van der Waals surface area contributed by atoms with Crippen molar-refractivity contribution in [2.24, 2.45) is 0 Å². The highest BCUT2D eigenvalue weighted by atomic mass is 16.4. The predicted octanol–water partition coefficient (Wildman–Crippen LogP) is 0.0319. The summed E-state index contributed by atoms with van der Waals surface area (Å²) in [4.78, 5) is 45.9. The van der Waals surface area contributed by atoms with Crippen LogP contribution in [0.2, 0.25) is 0 Å². The highest BCUT2D eigenvalue weighted by Crippen LogP contribution is 2.05. The van der Waals surface area contributed by atoms with E-state index >= 15 is 0 Å². The number of H-pyrrole nitrogens is 1. The number of carboxylic acids is 1. The Balaban J connectivity index is 2.25. The number of aromatic amines is 1. The summed E-state index contributed by atoms with van der Waals surface area (Å²) in [5.41, 5.74) is 1.12. The Hall–Kier alpha value is -2.38. The van der Waals surface area contributed by atoms with Gasteiger partial charge in [-0.15, -0.1) is 0 Å². The molecule has 0 bridgehead atoms. The molecule has 0 radical (unpaired) electrons. The average molecular weight is 283 g/mol. The third-order valence-corrected chi connectivity index (χ3v) is 2.61. The number of carboxylic acid groups (broad SMARTS) is 1. The molecule has 1 aromatic rings. The fourth-order valence-electron chi connectivity index (χ4n) is 1.61. The number of unbranched alkanes of at least 4 members (excludes halogenated alkanes) is 3. The van der Waals surface area contributed by atoms with E-state index in [4.69, 9.17) is 5.11 Å². The van der Waals surface area contributed by atoms with Crippen LogP contribution in [0, 0.1) is 0 Å². The molecule has 1 rings (SSSR count). The first-order chi connectivity index (χ1) is 9.49. The van der Waals surface area contributed by atoms with Crippen LogP contribution in [-0.2, 0) is 9.59 Å². The first-order valence-corrected chi connectivity index (χ1v) is 6.32. The van der Waals surface area contributed by atoms with Crippen LogP contribution in [0.3, 0.4) is 0 Å². The minimum absolute atomic E-state index is 0.138. The molecule has 0 aliphatic carbocycles. The summed E-state index contributed by atoms with van der Waals surface area (Å²) in [5, 5.41) is 8.45. The number of carbonyl (C=O) groups is 2. The van der Waals surface area contributed by atoms with Gasteiger partial charge in [-0.05, 0) is 12.8 Å². The van der Waals surface area contributed by atoms with Crippen LogP contribution in [0.25, 0.3) is 0 Å².